The molecule has 0 saturated carbocycles. The van der Waals surface area contributed by atoms with Crippen molar-refractivity contribution in [1.82, 2.24) is 5.32 Å². The fourth-order valence-electron chi connectivity index (χ4n) is 1.14. The molecule has 0 aliphatic heterocycles. The van der Waals surface area contributed by atoms with Crippen molar-refractivity contribution in [3.05, 3.63) is 0 Å². The number of carboxylic acids is 1. The maximum absolute atomic E-state index is 10.7. The third-order valence-corrected chi connectivity index (χ3v) is 1.78. The van der Waals surface area contributed by atoms with E-state index in [4.69, 9.17) is 16.6 Å². The molecule has 0 aliphatic carbocycles. The van der Waals surface area contributed by atoms with Crippen LogP contribution in [0.4, 0.5) is 0 Å². The van der Waals surface area contributed by atoms with Gasteiger partial charge < -0.3 is 21.9 Å². The molecule has 0 spiro atoms. The molecular formula is C8H17N3O3. The zero-order chi connectivity index (χ0) is 11.1. The number of amides is 1. The van der Waals surface area contributed by atoms with Crippen molar-refractivity contribution >= 4 is 11.9 Å². The molecule has 6 heteroatoms. The zero-order valence-electron chi connectivity index (χ0n) is 8.19. The van der Waals surface area contributed by atoms with Gasteiger partial charge in [0.1, 0.15) is 6.04 Å². The van der Waals surface area contributed by atoms with Crippen LogP contribution in [-0.4, -0.2) is 35.6 Å². The third kappa shape index (κ3) is 5.50. The Morgan fingerprint density at radius 1 is 1.50 bits per heavy atom. The summed E-state index contributed by atoms with van der Waals surface area (Å²) < 4.78 is 0. The van der Waals surface area contributed by atoms with E-state index in [9.17, 15) is 9.59 Å². The SMILES string of the molecule is CC(=O)NC(CCN)C[C@H](N)C(=O)O. The van der Waals surface area contributed by atoms with Crippen LogP contribution in [0, 0.1) is 0 Å². The predicted octanol–water partition coefficient (Wildman–Crippen LogP) is -1.36. The highest BCUT2D eigenvalue weighted by Crippen LogP contribution is 2.00. The Balaban J connectivity index is 4.07. The molecule has 6 nitrogen and oxygen atoms in total. The Labute approximate surface area is 82.6 Å². The number of rotatable bonds is 6. The van der Waals surface area contributed by atoms with Crippen molar-refractivity contribution in [3.8, 4) is 0 Å². The number of carboxylic acid groups (broad SMARTS) is 1. The maximum Gasteiger partial charge on any atom is 0.320 e. The molecule has 82 valence electrons. The van der Waals surface area contributed by atoms with E-state index in [-0.39, 0.29) is 18.4 Å². The van der Waals surface area contributed by atoms with Crippen molar-refractivity contribution < 1.29 is 14.7 Å². The second kappa shape index (κ2) is 6.33. The first kappa shape index (κ1) is 12.9. The van der Waals surface area contributed by atoms with Gasteiger partial charge in [-0.25, -0.2) is 0 Å². The number of carbonyl (C=O) groups is 2. The van der Waals surface area contributed by atoms with Crippen molar-refractivity contribution in [2.24, 2.45) is 11.5 Å². The highest BCUT2D eigenvalue weighted by molar-refractivity contribution is 5.74. The van der Waals surface area contributed by atoms with Crippen LogP contribution in [-0.2, 0) is 9.59 Å². The number of hydrogen-bond acceptors (Lipinski definition) is 4. The highest BCUT2D eigenvalue weighted by atomic mass is 16.4. The molecule has 1 amide bonds. The zero-order valence-corrected chi connectivity index (χ0v) is 8.19. The normalized spacial score (nSPS) is 14.5. The Morgan fingerprint density at radius 3 is 2.43 bits per heavy atom. The maximum atomic E-state index is 10.7. The van der Waals surface area contributed by atoms with E-state index in [0.29, 0.717) is 13.0 Å². The van der Waals surface area contributed by atoms with Crippen LogP contribution in [0.3, 0.4) is 0 Å². The molecule has 0 aliphatic rings. The summed E-state index contributed by atoms with van der Waals surface area (Å²) in [6.45, 7) is 1.76. The summed E-state index contributed by atoms with van der Waals surface area (Å²) in [5.41, 5.74) is 10.6. The molecule has 0 saturated heterocycles. The molecule has 14 heavy (non-hydrogen) atoms. The Hall–Kier alpha value is -1.14. The van der Waals surface area contributed by atoms with Gasteiger partial charge in [0, 0.05) is 13.0 Å². The molecular weight excluding hydrogens is 186 g/mol. The number of nitrogens with two attached hydrogens (primary N) is 2. The Morgan fingerprint density at radius 2 is 2.07 bits per heavy atom. The fourth-order valence-corrected chi connectivity index (χ4v) is 1.14. The summed E-state index contributed by atoms with van der Waals surface area (Å²) in [6.07, 6.45) is 0.729. The molecule has 0 aromatic carbocycles. The summed E-state index contributed by atoms with van der Waals surface area (Å²) in [5.74, 6) is -1.28. The van der Waals surface area contributed by atoms with E-state index in [2.05, 4.69) is 5.32 Å². The van der Waals surface area contributed by atoms with Crippen LogP contribution in [0.25, 0.3) is 0 Å². The van der Waals surface area contributed by atoms with Gasteiger partial charge in [-0.1, -0.05) is 0 Å². The molecule has 1 unspecified atom stereocenters. The van der Waals surface area contributed by atoms with Crippen molar-refractivity contribution in [2.45, 2.75) is 31.8 Å². The van der Waals surface area contributed by atoms with Gasteiger partial charge in [0.15, 0.2) is 0 Å². The molecule has 0 rings (SSSR count). The lowest BCUT2D eigenvalue weighted by molar-refractivity contribution is -0.139. The monoisotopic (exact) mass is 203 g/mol. The topological polar surface area (TPSA) is 118 Å². The van der Waals surface area contributed by atoms with E-state index in [1.165, 1.54) is 6.92 Å². The van der Waals surface area contributed by atoms with Crippen LogP contribution >= 0.6 is 0 Å². The van der Waals surface area contributed by atoms with Crippen LogP contribution < -0.4 is 16.8 Å². The lowest BCUT2D eigenvalue weighted by atomic mass is 10.0. The van der Waals surface area contributed by atoms with E-state index >= 15 is 0 Å². The van der Waals surface area contributed by atoms with Gasteiger partial charge in [-0.2, -0.15) is 0 Å². The Bertz CT molecular complexity index is 208. The fraction of sp³-hybridized carbons (Fsp3) is 0.750. The number of carbonyl (C=O) groups excluding carboxylic acids is 1. The van der Waals surface area contributed by atoms with E-state index in [1.807, 2.05) is 0 Å². The minimum atomic E-state index is -1.07. The van der Waals surface area contributed by atoms with Gasteiger partial charge in [0.05, 0.1) is 0 Å². The summed E-state index contributed by atoms with van der Waals surface area (Å²) >= 11 is 0. The van der Waals surface area contributed by atoms with Gasteiger partial charge in [0.25, 0.3) is 0 Å². The van der Waals surface area contributed by atoms with Gasteiger partial charge in [0.2, 0.25) is 5.91 Å². The summed E-state index contributed by atoms with van der Waals surface area (Å²) in [4.78, 5) is 21.2. The molecule has 2 atom stereocenters. The second-order valence-electron chi connectivity index (χ2n) is 3.16. The highest BCUT2D eigenvalue weighted by Gasteiger charge is 2.18. The number of aliphatic carboxylic acids is 1. The molecule has 6 N–H and O–H groups in total. The quantitative estimate of drug-likeness (QED) is 0.425. The molecule has 0 radical (unpaired) electrons. The molecule has 0 aromatic rings. The van der Waals surface area contributed by atoms with Crippen molar-refractivity contribution in [3.63, 3.8) is 0 Å². The molecule has 0 aromatic heterocycles. The molecule has 0 fully saturated rings. The number of nitrogens with one attached hydrogen (secondary N) is 1. The van der Waals surface area contributed by atoms with Crippen LogP contribution in [0.15, 0.2) is 0 Å². The molecule has 0 heterocycles. The van der Waals surface area contributed by atoms with E-state index in [1.54, 1.807) is 0 Å². The average molecular weight is 203 g/mol. The van der Waals surface area contributed by atoms with Crippen molar-refractivity contribution in [1.29, 1.82) is 0 Å². The van der Waals surface area contributed by atoms with Crippen LogP contribution in [0.5, 0.6) is 0 Å². The summed E-state index contributed by atoms with van der Waals surface area (Å²) in [7, 11) is 0. The van der Waals surface area contributed by atoms with Crippen LogP contribution in [0.2, 0.25) is 0 Å². The minimum Gasteiger partial charge on any atom is -0.480 e. The first-order chi connectivity index (χ1) is 6.47. The molecule has 0 bridgehead atoms. The largest absolute Gasteiger partial charge is 0.480 e. The summed E-state index contributed by atoms with van der Waals surface area (Å²) in [6, 6.07) is -1.22. The van der Waals surface area contributed by atoms with Gasteiger partial charge in [-0.05, 0) is 19.4 Å². The van der Waals surface area contributed by atoms with Gasteiger partial charge in [-0.15, -0.1) is 0 Å². The summed E-state index contributed by atoms with van der Waals surface area (Å²) in [5, 5.41) is 11.2. The second-order valence-corrected chi connectivity index (χ2v) is 3.16. The van der Waals surface area contributed by atoms with Gasteiger partial charge in [-0.3, -0.25) is 9.59 Å². The Kier molecular flexibility index (Phi) is 5.82. The van der Waals surface area contributed by atoms with Gasteiger partial charge >= 0.3 is 5.97 Å². The first-order valence-corrected chi connectivity index (χ1v) is 4.43. The average Bonchev–Trinajstić information content (AvgIpc) is 2.02. The van der Waals surface area contributed by atoms with Crippen LogP contribution in [0.1, 0.15) is 19.8 Å². The first-order valence-electron chi connectivity index (χ1n) is 4.43. The standard InChI is InChI=1S/C8H17N3O3/c1-5(12)11-6(2-3-9)4-7(10)8(13)14/h6-7H,2-4,9-10H2,1H3,(H,11,12)(H,13,14)/t6?,7-/m0/s1. The minimum absolute atomic E-state index is 0.201. The van der Waals surface area contributed by atoms with E-state index in [0.717, 1.165) is 0 Å². The smallest absolute Gasteiger partial charge is 0.320 e. The number of hydrogen-bond donors (Lipinski definition) is 4. The lowest BCUT2D eigenvalue weighted by Gasteiger charge is -2.18. The third-order valence-electron chi connectivity index (χ3n) is 1.78. The predicted molar refractivity (Wildman–Crippen MR) is 51.5 cm³/mol. The lowest BCUT2D eigenvalue weighted by Crippen LogP contribution is -2.42. The van der Waals surface area contributed by atoms with E-state index < -0.39 is 12.0 Å². The van der Waals surface area contributed by atoms with Crippen molar-refractivity contribution in [2.75, 3.05) is 6.54 Å².